The number of nitrogens with zero attached hydrogens (tertiary/aromatic N) is 3. The molecule has 142 valence electrons. The molecule has 28 heavy (non-hydrogen) atoms. The van der Waals surface area contributed by atoms with Gasteiger partial charge in [-0.05, 0) is 42.5 Å². The number of hydrogen-bond acceptors (Lipinski definition) is 4. The number of halogens is 1. The van der Waals surface area contributed by atoms with E-state index < -0.39 is 0 Å². The lowest BCUT2D eigenvalue weighted by atomic mass is 10.1. The van der Waals surface area contributed by atoms with Gasteiger partial charge in [-0.2, -0.15) is 0 Å². The zero-order valence-electron chi connectivity index (χ0n) is 15.3. The first-order valence-corrected chi connectivity index (χ1v) is 9.55. The van der Waals surface area contributed by atoms with Crippen LogP contribution >= 0.6 is 11.6 Å². The van der Waals surface area contributed by atoms with Crippen molar-refractivity contribution >= 4 is 23.3 Å². The Morgan fingerprint density at radius 1 is 0.893 bits per heavy atom. The minimum Gasteiger partial charge on any atom is -0.457 e. The van der Waals surface area contributed by atoms with E-state index in [1.165, 1.54) is 0 Å². The van der Waals surface area contributed by atoms with Gasteiger partial charge in [0.25, 0.3) is 5.91 Å². The lowest BCUT2D eigenvalue weighted by Crippen LogP contribution is -2.49. The van der Waals surface area contributed by atoms with Crippen LogP contribution in [0.2, 0.25) is 5.02 Å². The Bertz CT molecular complexity index is 940. The molecule has 0 atom stereocenters. The van der Waals surface area contributed by atoms with Crippen molar-refractivity contribution < 1.29 is 9.53 Å². The third-order valence-corrected chi connectivity index (χ3v) is 4.89. The number of carbonyl (C=O) groups is 1. The summed E-state index contributed by atoms with van der Waals surface area (Å²) in [6, 6.07) is 20.6. The Labute approximate surface area is 169 Å². The fourth-order valence-corrected chi connectivity index (χ4v) is 3.31. The second-order valence-corrected chi connectivity index (χ2v) is 6.99. The second-order valence-electron chi connectivity index (χ2n) is 6.56. The van der Waals surface area contributed by atoms with Crippen molar-refractivity contribution in [3.8, 4) is 11.5 Å². The van der Waals surface area contributed by atoms with Crippen molar-refractivity contribution in [2.45, 2.75) is 0 Å². The van der Waals surface area contributed by atoms with Gasteiger partial charge in [-0.25, -0.2) is 4.98 Å². The van der Waals surface area contributed by atoms with Crippen LogP contribution in [0.1, 0.15) is 10.4 Å². The lowest BCUT2D eigenvalue weighted by molar-refractivity contribution is 0.0746. The van der Waals surface area contributed by atoms with E-state index in [0.717, 1.165) is 24.7 Å². The molecule has 0 saturated carbocycles. The average Bonchev–Trinajstić information content (AvgIpc) is 2.75. The summed E-state index contributed by atoms with van der Waals surface area (Å²) in [6.45, 7) is 2.76. The van der Waals surface area contributed by atoms with E-state index in [1.807, 2.05) is 65.6 Å². The quantitative estimate of drug-likeness (QED) is 0.655. The Balaban J connectivity index is 1.40. The number of para-hydroxylation sites is 1. The van der Waals surface area contributed by atoms with E-state index in [4.69, 9.17) is 16.3 Å². The Morgan fingerprint density at radius 2 is 1.64 bits per heavy atom. The summed E-state index contributed by atoms with van der Waals surface area (Å²) in [5.41, 5.74) is 0.631. The number of piperazine rings is 1. The van der Waals surface area contributed by atoms with Crippen molar-refractivity contribution in [3.05, 3.63) is 83.5 Å². The maximum absolute atomic E-state index is 12.9. The highest BCUT2D eigenvalue weighted by atomic mass is 35.5. The highest BCUT2D eigenvalue weighted by molar-refractivity contribution is 6.30. The standard InChI is InChI=1S/C22H20ClN3O2/c23-18-9-10-21(24-16-18)25-11-13-26(14-12-25)22(27)17-5-4-8-20(15-17)28-19-6-2-1-3-7-19/h1-10,15-16H,11-14H2. The zero-order valence-corrected chi connectivity index (χ0v) is 16.0. The smallest absolute Gasteiger partial charge is 0.254 e. The number of anilines is 1. The Hall–Kier alpha value is -3.05. The molecule has 0 unspecified atom stereocenters. The molecule has 1 fully saturated rings. The Kier molecular flexibility index (Phi) is 5.44. The van der Waals surface area contributed by atoms with Crippen molar-refractivity contribution in [2.24, 2.45) is 0 Å². The maximum Gasteiger partial charge on any atom is 0.254 e. The minimum atomic E-state index is 0.0160. The number of hydrogen-bond donors (Lipinski definition) is 0. The summed E-state index contributed by atoms with van der Waals surface area (Å²) in [4.78, 5) is 21.3. The first-order chi connectivity index (χ1) is 13.7. The van der Waals surface area contributed by atoms with Gasteiger partial charge in [0.2, 0.25) is 0 Å². The number of rotatable bonds is 4. The number of carbonyl (C=O) groups excluding carboxylic acids is 1. The predicted molar refractivity (Wildman–Crippen MR) is 110 cm³/mol. The van der Waals surface area contributed by atoms with Crippen LogP contribution in [0.4, 0.5) is 5.82 Å². The third kappa shape index (κ3) is 4.26. The van der Waals surface area contributed by atoms with Crippen LogP contribution in [0.5, 0.6) is 11.5 Å². The molecule has 0 aliphatic carbocycles. The van der Waals surface area contributed by atoms with E-state index in [9.17, 15) is 4.79 Å². The zero-order chi connectivity index (χ0) is 19.3. The molecule has 0 spiro atoms. The Morgan fingerprint density at radius 3 is 2.36 bits per heavy atom. The fourth-order valence-electron chi connectivity index (χ4n) is 3.19. The molecule has 5 nitrogen and oxygen atoms in total. The van der Waals surface area contributed by atoms with Crippen LogP contribution in [0.15, 0.2) is 72.9 Å². The van der Waals surface area contributed by atoms with Gasteiger partial charge in [0.05, 0.1) is 5.02 Å². The van der Waals surface area contributed by atoms with Crippen molar-refractivity contribution in [1.82, 2.24) is 9.88 Å². The largest absolute Gasteiger partial charge is 0.457 e. The van der Waals surface area contributed by atoms with Gasteiger partial charge in [0.1, 0.15) is 17.3 Å². The van der Waals surface area contributed by atoms with E-state index in [1.54, 1.807) is 12.3 Å². The van der Waals surface area contributed by atoms with Crippen molar-refractivity contribution in [1.29, 1.82) is 0 Å². The molecule has 6 heteroatoms. The monoisotopic (exact) mass is 393 g/mol. The molecule has 0 radical (unpaired) electrons. The molecule has 1 amide bonds. The van der Waals surface area contributed by atoms with Crippen LogP contribution < -0.4 is 9.64 Å². The highest BCUT2D eigenvalue weighted by Gasteiger charge is 2.23. The SMILES string of the molecule is O=C(c1cccc(Oc2ccccc2)c1)N1CCN(c2ccc(Cl)cn2)CC1. The summed E-state index contributed by atoms with van der Waals surface area (Å²) in [5.74, 6) is 2.30. The number of ether oxygens (including phenoxy) is 1. The van der Waals surface area contributed by atoms with Crippen molar-refractivity contribution in [3.63, 3.8) is 0 Å². The summed E-state index contributed by atoms with van der Waals surface area (Å²) in [5, 5.41) is 0.621. The number of pyridine rings is 1. The summed E-state index contributed by atoms with van der Waals surface area (Å²) >= 11 is 5.90. The third-order valence-electron chi connectivity index (χ3n) is 4.66. The van der Waals surface area contributed by atoms with Gasteiger partial charge in [-0.1, -0.05) is 35.9 Å². The van der Waals surface area contributed by atoms with E-state index in [-0.39, 0.29) is 5.91 Å². The van der Waals surface area contributed by atoms with Crippen LogP contribution in [-0.2, 0) is 0 Å². The summed E-state index contributed by atoms with van der Waals surface area (Å²) < 4.78 is 5.84. The van der Waals surface area contributed by atoms with Crippen LogP contribution in [0.3, 0.4) is 0 Å². The fraction of sp³-hybridized carbons (Fsp3) is 0.182. The van der Waals surface area contributed by atoms with Crippen LogP contribution in [0, 0.1) is 0 Å². The molecule has 1 aliphatic rings. The van der Waals surface area contributed by atoms with Gasteiger partial charge in [0.15, 0.2) is 0 Å². The molecular formula is C22H20ClN3O2. The van der Waals surface area contributed by atoms with E-state index in [0.29, 0.717) is 29.4 Å². The molecule has 3 aromatic rings. The molecule has 1 saturated heterocycles. The normalized spacial score (nSPS) is 14.0. The topological polar surface area (TPSA) is 45.7 Å². The van der Waals surface area contributed by atoms with E-state index >= 15 is 0 Å². The molecule has 1 aromatic heterocycles. The number of aromatic nitrogens is 1. The van der Waals surface area contributed by atoms with Gasteiger partial charge < -0.3 is 14.5 Å². The molecule has 2 heterocycles. The average molecular weight is 394 g/mol. The van der Waals surface area contributed by atoms with Gasteiger partial charge >= 0.3 is 0 Å². The minimum absolute atomic E-state index is 0.0160. The second kappa shape index (κ2) is 8.31. The number of amides is 1. The number of benzene rings is 2. The highest BCUT2D eigenvalue weighted by Crippen LogP contribution is 2.23. The van der Waals surface area contributed by atoms with E-state index in [2.05, 4.69) is 9.88 Å². The molecule has 0 bridgehead atoms. The molecule has 1 aliphatic heterocycles. The van der Waals surface area contributed by atoms with Gasteiger partial charge in [-0.15, -0.1) is 0 Å². The van der Waals surface area contributed by atoms with Gasteiger partial charge in [0, 0.05) is 37.9 Å². The molecule has 4 rings (SSSR count). The predicted octanol–water partition coefficient (Wildman–Crippen LogP) is 4.49. The van der Waals surface area contributed by atoms with Gasteiger partial charge in [-0.3, -0.25) is 4.79 Å². The van der Waals surface area contributed by atoms with Crippen LogP contribution in [0.25, 0.3) is 0 Å². The summed E-state index contributed by atoms with van der Waals surface area (Å²) in [6.07, 6.45) is 1.65. The summed E-state index contributed by atoms with van der Waals surface area (Å²) in [7, 11) is 0. The maximum atomic E-state index is 12.9. The molecular weight excluding hydrogens is 374 g/mol. The van der Waals surface area contributed by atoms with Crippen molar-refractivity contribution in [2.75, 3.05) is 31.1 Å². The molecule has 2 aromatic carbocycles. The molecule has 0 N–H and O–H groups in total. The first-order valence-electron chi connectivity index (χ1n) is 9.18. The van der Waals surface area contributed by atoms with Crippen LogP contribution in [-0.4, -0.2) is 42.0 Å². The lowest BCUT2D eigenvalue weighted by Gasteiger charge is -2.35. The first kappa shape index (κ1) is 18.3.